The number of halogens is 2. The van der Waals surface area contributed by atoms with Crippen LogP contribution in [0.5, 0.6) is 0 Å². The average Bonchev–Trinajstić information content (AvgIpc) is 2.92. The number of rotatable bonds is 5. The van der Waals surface area contributed by atoms with Gasteiger partial charge in [-0.3, -0.25) is 5.32 Å². The quantitative estimate of drug-likeness (QED) is 0.844. The molecule has 0 spiro atoms. The highest BCUT2D eigenvalue weighted by Gasteiger charge is 2.27. The van der Waals surface area contributed by atoms with Crippen molar-refractivity contribution in [1.29, 1.82) is 0 Å². The summed E-state index contributed by atoms with van der Waals surface area (Å²) in [6.45, 7) is 2.06. The lowest BCUT2D eigenvalue weighted by Gasteiger charge is -2.22. The molecule has 1 atom stereocenters. The fourth-order valence-electron chi connectivity index (χ4n) is 2.55. The SMILES string of the molecule is CCOC(=O)C(NC1CCCC1)c1ccc(Cl)c(F)c1. The van der Waals surface area contributed by atoms with Gasteiger partial charge < -0.3 is 4.74 Å². The molecular weight excluding hydrogens is 281 g/mol. The Bertz CT molecular complexity index is 475. The molecule has 1 fully saturated rings. The van der Waals surface area contributed by atoms with E-state index in [0.717, 1.165) is 25.7 Å². The molecule has 0 radical (unpaired) electrons. The van der Waals surface area contributed by atoms with Crippen LogP contribution in [-0.4, -0.2) is 18.6 Å². The maximum atomic E-state index is 13.6. The van der Waals surface area contributed by atoms with E-state index in [0.29, 0.717) is 12.2 Å². The van der Waals surface area contributed by atoms with E-state index in [4.69, 9.17) is 16.3 Å². The number of esters is 1. The zero-order chi connectivity index (χ0) is 14.5. The maximum absolute atomic E-state index is 13.6. The molecule has 5 heteroatoms. The molecular formula is C15H19ClFNO2. The van der Waals surface area contributed by atoms with Gasteiger partial charge in [-0.15, -0.1) is 0 Å². The van der Waals surface area contributed by atoms with Crippen LogP contribution in [0.15, 0.2) is 18.2 Å². The van der Waals surface area contributed by atoms with Crippen molar-refractivity contribution in [2.24, 2.45) is 0 Å². The smallest absolute Gasteiger partial charge is 0.327 e. The fourth-order valence-corrected chi connectivity index (χ4v) is 2.66. The molecule has 1 saturated carbocycles. The lowest BCUT2D eigenvalue weighted by molar-refractivity contribution is -0.146. The summed E-state index contributed by atoms with van der Waals surface area (Å²) in [6, 6.07) is 4.07. The van der Waals surface area contributed by atoms with Crippen molar-refractivity contribution in [3.63, 3.8) is 0 Å². The van der Waals surface area contributed by atoms with Crippen LogP contribution in [0.2, 0.25) is 5.02 Å². The minimum atomic E-state index is -0.634. The summed E-state index contributed by atoms with van der Waals surface area (Å²) in [7, 11) is 0. The molecule has 0 saturated heterocycles. The topological polar surface area (TPSA) is 38.3 Å². The Labute approximate surface area is 123 Å². The van der Waals surface area contributed by atoms with Gasteiger partial charge in [-0.25, -0.2) is 9.18 Å². The van der Waals surface area contributed by atoms with Crippen molar-refractivity contribution in [1.82, 2.24) is 5.32 Å². The number of benzene rings is 1. The maximum Gasteiger partial charge on any atom is 0.327 e. The first-order chi connectivity index (χ1) is 9.61. The first-order valence-corrected chi connectivity index (χ1v) is 7.37. The van der Waals surface area contributed by atoms with E-state index in [1.54, 1.807) is 13.0 Å². The second kappa shape index (κ2) is 7.04. The van der Waals surface area contributed by atoms with Gasteiger partial charge in [0.15, 0.2) is 0 Å². The second-order valence-corrected chi connectivity index (χ2v) is 5.41. The number of carbonyl (C=O) groups is 1. The zero-order valence-electron chi connectivity index (χ0n) is 11.5. The molecule has 20 heavy (non-hydrogen) atoms. The van der Waals surface area contributed by atoms with E-state index < -0.39 is 11.9 Å². The van der Waals surface area contributed by atoms with Crippen LogP contribution in [0.4, 0.5) is 4.39 Å². The van der Waals surface area contributed by atoms with Crippen molar-refractivity contribution in [3.8, 4) is 0 Å². The van der Waals surface area contributed by atoms with E-state index in [-0.39, 0.29) is 17.0 Å². The molecule has 1 aromatic carbocycles. The normalized spacial score (nSPS) is 17.1. The van der Waals surface area contributed by atoms with E-state index in [9.17, 15) is 9.18 Å². The van der Waals surface area contributed by atoms with Gasteiger partial charge in [0.05, 0.1) is 11.6 Å². The molecule has 0 aromatic heterocycles. The van der Waals surface area contributed by atoms with Crippen LogP contribution in [0.25, 0.3) is 0 Å². The van der Waals surface area contributed by atoms with Crippen LogP contribution in [0.1, 0.15) is 44.2 Å². The largest absolute Gasteiger partial charge is 0.465 e. The third-order valence-electron chi connectivity index (χ3n) is 3.56. The van der Waals surface area contributed by atoms with Gasteiger partial charge >= 0.3 is 5.97 Å². The Hall–Kier alpha value is -1.13. The van der Waals surface area contributed by atoms with Crippen molar-refractivity contribution >= 4 is 17.6 Å². The predicted molar refractivity (Wildman–Crippen MR) is 76.2 cm³/mol. The summed E-state index contributed by atoms with van der Waals surface area (Å²) in [5.41, 5.74) is 0.553. The zero-order valence-corrected chi connectivity index (χ0v) is 12.3. The van der Waals surface area contributed by atoms with Gasteiger partial charge in [0.1, 0.15) is 11.9 Å². The van der Waals surface area contributed by atoms with Crippen molar-refractivity contribution < 1.29 is 13.9 Å². The molecule has 1 N–H and O–H groups in total. The predicted octanol–water partition coefficient (Wildman–Crippen LogP) is 3.62. The minimum absolute atomic E-state index is 0.0530. The Kier molecular flexibility index (Phi) is 5.38. The molecule has 3 nitrogen and oxygen atoms in total. The Morgan fingerprint density at radius 2 is 2.20 bits per heavy atom. The molecule has 0 amide bonds. The van der Waals surface area contributed by atoms with Gasteiger partial charge in [0, 0.05) is 6.04 Å². The van der Waals surface area contributed by atoms with Crippen LogP contribution < -0.4 is 5.32 Å². The van der Waals surface area contributed by atoms with Crippen LogP contribution >= 0.6 is 11.6 Å². The first kappa shape index (κ1) is 15.3. The van der Waals surface area contributed by atoms with Crippen molar-refractivity contribution in [3.05, 3.63) is 34.6 Å². The van der Waals surface area contributed by atoms with E-state index in [1.165, 1.54) is 12.1 Å². The first-order valence-electron chi connectivity index (χ1n) is 6.99. The average molecular weight is 300 g/mol. The van der Waals surface area contributed by atoms with Crippen LogP contribution in [0.3, 0.4) is 0 Å². The third-order valence-corrected chi connectivity index (χ3v) is 3.86. The molecule has 1 aliphatic carbocycles. The van der Waals surface area contributed by atoms with E-state index in [1.807, 2.05) is 0 Å². The molecule has 0 heterocycles. The number of nitrogens with one attached hydrogen (secondary N) is 1. The van der Waals surface area contributed by atoms with Gasteiger partial charge in [-0.1, -0.05) is 30.5 Å². The number of ether oxygens (including phenoxy) is 1. The van der Waals surface area contributed by atoms with Gasteiger partial charge in [-0.2, -0.15) is 0 Å². The van der Waals surface area contributed by atoms with Crippen molar-refractivity contribution in [2.45, 2.75) is 44.7 Å². The lowest BCUT2D eigenvalue weighted by Crippen LogP contribution is -2.36. The standard InChI is InChI=1S/C15H19ClFNO2/c1-2-20-15(19)14(18-11-5-3-4-6-11)10-7-8-12(16)13(17)9-10/h7-9,11,14,18H,2-6H2,1H3. The van der Waals surface area contributed by atoms with Crippen LogP contribution in [-0.2, 0) is 9.53 Å². The summed E-state index contributed by atoms with van der Waals surface area (Å²) in [5.74, 6) is -0.896. The third kappa shape index (κ3) is 3.70. The highest BCUT2D eigenvalue weighted by molar-refractivity contribution is 6.30. The Balaban J connectivity index is 2.19. The fraction of sp³-hybridized carbons (Fsp3) is 0.533. The van der Waals surface area contributed by atoms with Crippen LogP contribution in [0, 0.1) is 5.82 Å². The number of hydrogen-bond donors (Lipinski definition) is 1. The molecule has 1 unspecified atom stereocenters. The summed E-state index contributed by atoms with van der Waals surface area (Å²) in [5, 5.41) is 3.33. The summed E-state index contributed by atoms with van der Waals surface area (Å²) >= 11 is 5.68. The van der Waals surface area contributed by atoms with Gasteiger partial charge in [0.25, 0.3) is 0 Å². The molecule has 2 rings (SSSR count). The monoisotopic (exact) mass is 299 g/mol. The summed E-state index contributed by atoms with van der Waals surface area (Å²) in [6.07, 6.45) is 4.38. The molecule has 0 aliphatic heterocycles. The summed E-state index contributed by atoms with van der Waals surface area (Å²) < 4.78 is 18.7. The molecule has 110 valence electrons. The van der Waals surface area contributed by atoms with E-state index in [2.05, 4.69) is 5.32 Å². The highest BCUT2D eigenvalue weighted by atomic mass is 35.5. The molecule has 0 bridgehead atoms. The minimum Gasteiger partial charge on any atom is -0.465 e. The van der Waals surface area contributed by atoms with E-state index >= 15 is 0 Å². The lowest BCUT2D eigenvalue weighted by atomic mass is 10.1. The van der Waals surface area contributed by atoms with Gasteiger partial charge in [-0.05, 0) is 37.5 Å². The number of carbonyl (C=O) groups excluding carboxylic acids is 1. The van der Waals surface area contributed by atoms with Crippen molar-refractivity contribution in [2.75, 3.05) is 6.61 Å². The Morgan fingerprint density at radius 3 is 2.80 bits per heavy atom. The second-order valence-electron chi connectivity index (χ2n) is 5.01. The number of hydrogen-bond acceptors (Lipinski definition) is 3. The Morgan fingerprint density at radius 1 is 1.50 bits per heavy atom. The highest BCUT2D eigenvalue weighted by Crippen LogP contribution is 2.25. The molecule has 1 aromatic rings. The van der Waals surface area contributed by atoms with Gasteiger partial charge in [0.2, 0.25) is 0 Å². The summed E-state index contributed by atoms with van der Waals surface area (Å²) in [4.78, 5) is 12.1. The molecule has 1 aliphatic rings.